The van der Waals surface area contributed by atoms with Crippen LogP contribution in [-0.4, -0.2) is 63.5 Å². The molecular weight excluding hydrogens is 342 g/mol. The number of hydrogen-bond donors (Lipinski definition) is 4. The fraction of sp³-hybridized carbons (Fsp3) is 0.765. The second-order valence-corrected chi connectivity index (χ2v) is 8.82. The normalized spacial score (nSPS) is 37.1. The Labute approximate surface area is 152 Å². The lowest BCUT2D eigenvalue weighted by Crippen LogP contribution is -2.63. The van der Waals surface area contributed by atoms with Crippen molar-refractivity contribution >= 4 is 23.6 Å². The maximum absolute atomic E-state index is 12.3. The van der Waals surface area contributed by atoms with E-state index in [-0.39, 0.29) is 28.8 Å². The number of fused-ring (bicyclic) bond motifs is 1. The van der Waals surface area contributed by atoms with E-state index < -0.39 is 18.0 Å². The number of nitrogens with zero attached hydrogens (tertiary/aromatic N) is 1. The highest BCUT2D eigenvalue weighted by molar-refractivity contribution is 8.03. The third kappa shape index (κ3) is 2.99. The molecule has 0 bridgehead atoms. The molecule has 0 saturated carbocycles. The standard InChI is InChI=1S/C17H27N3O4S/c1-7(5-18)11-4-10(6-19-11)25-15-8(2)13-12(9(3)21)16(22)20(13)14(15)17(23)24/h7-13,19,21H,4-6,18H2,1-3H3,(H,23,24)/t7?,8-,9-,10+,11-,12-,13-/m1/s1. The number of nitrogens with one attached hydrogen (secondary N) is 1. The predicted octanol–water partition coefficient (Wildman–Crippen LogP) is 0.199. The van der Waals surface area contributed by atoms with Gasteiger partial charge in [-0.1, -0.05) is 13.8 Å². The average Bonchev–Trinajstić information content (AvgIpc) is 3.10. The van der Waals surface area contributed by atoms with Crippen LogP contribution < -0.4 is 11.1 Å². The van der Waals surface area contributed by atoms with Crippen LogP contribution >= 0.6 is 11.8 Å². The fourth-order valence-corrected chi connectivity index (χ4v) is 5.77. The number of carboxylic acid groups (broad SMARTS) is 1. The van der Waals surface area contributed by atoms with Crippen molar-refractivity contribution in [3.8, 4) is 0 Å². The van der Waals surface area contributed by atoms with Gasteiger partial charge in [-0.3, -0.25) is 4.79 Å². The summed E-state index contributed by atoms with van der Waals surface area (Å²) in [5, 5.41) is 23.3. The molecule has 25 heavy (non-hydrogen) atoms. The minimum absolute atomic E-state index is 0.0700. The quantitative estimate of drug-likeness (QED) is 0.494. The Morgan fingerprint density at radius 2 is 2.16 bits per heavy atom. The summed E-state index contributed by atoms with van der Waals surface area (Å²) < 4.78 is 0. The molecule has 3 aliphatic rings. The molecule has 140 valence electrons. The Hall–Kier alpha value is -1.09. The zero-order chi connectivity index (χ0) is 18.5. The zero-order valence-electron chi connectivity index (χ0n) is 14.8. The molecule has 7 nitrogen and oxygen atoms in total. The first kappa shape index (κ1) is 18.7. The molecule has 3 aliphatic heterocycles. The maximum Gasteiger partial charge on any atom is 0.353 e. The Bertz CT molecular complexity index is 609. The van der Waals surface area contributed by atoms with Crippen molar-refractivity contribution < 1.29 is 19.8 Å². The summed E-state index contributed by atoms with van der Waals surface area (Å²) >= 11 is 1.57. The third-order valence-corrected chi connectivity index (χ3v) is 7.30. The molecular formula is C17H27N3O4S. The van der Waals surface area contributed by atoms with Crippen molar-refractivity contribution in [2.24, 2.45) is 23.5 Å². The van der Waals surface area contributed by atoms with Crippen LogP contribution in [0.2, 0.25) is 0 Å². The molecule has 0 aromatic carbocycles. The van der Waals surface area contributed by atoms with Crippen molar-refractivity contribution in [3.63, 3.8) is 0 Å². The van der Waals surface area contributed by atoms with Gasteiger partial charge < -0.3 is 26.2 Å². The molecule has 0 aromatic rings. The van der Waals surface area contributed by atoms with Gasteiger partial charge in [0, 0.05) is 28.7 Å². The summed E-state index contributed by atoms with van der Waals surface area (Å²) in [6, 6.07) is 0.103. The van der Waals surface area contributed by atoms with Crippen LogP contribution in [-0.2, 0) is 9.59 Å². The molecule has 3 heterocycles. The fourth-order valence-electron chi connectivity index (χ4n) is 4.28. The molecule has 1 amide bonds. The van der Waals surface area contributed by atoms with E-state index in [4.69, 9.17) is 5.73 Å². The van der Waals surface area contributed by atoms with E-state index in [9.17, 15) is 19.8 Å². The summed E-state index contributed by atoms with van der Waals surface area (Å²) in [4.78, 5) is 26.3. The van der Waals surface area contributed by atoms with Crippen molar-refractivity contribution in [2.45, 2.75) is 50.6 Å². The van der Waals surface area contributed by atoms with Gasteiger partial charge in [0.1, 0.15) is 5.70 Å². The number of carboxylic acids is 1. The van der Waals surface area contributed by atoms with Crippen molar-refractivity contribution in [1.82, 2.24) is 10.2 Å². The minimum Gasteiger partial charge on any atom is -0.477 e. The number of aliphatic hydroxyl groups excluding tert-OH is 1. The lowest BCUT2D eigenvalue weighted by molar-refractivity contribution is -0.163. The first-order valence-corrected chi connectivity index (χ1v) is 9.74. The van der Waals surface area contributed by atoms with Crippen LogP contribution in [0, 0.1) is 17.8 Å². The zero-order valence-corrected chi connectivity index (χ0v) is 15.6. The molecule has 0 aliphatic carbocycles. The number of rotatable bonds is 6. The molecule has 3 rings (SSSR count). The van der Waals surface area contributed by atoms with Crippen LogP contribution in [0.25, 0.3) is 0 Å². The van der Waals surface area contributed by atoms with Crippen molar-refractivity contribution in [2.75, 3.05) is 13.1 Å². The molecule has 5 N–H and O–H groups in total. The minimum atomic E-state index is -1.06. The van der Waals surface area contributed by atoms with Gasteiger partial charge in [-0.15, -0.1) is 11.8 Å². The van der Waals surface area contributed by atoms with E-state index >= 15 is 0 Å². The first-order valence-electron chi connectivity index (χ1n) is 8.86. The van der Waals surface area contributed by atoms with Crippen LogP contribution in [0.5, 0.6) is 0 Å². The van der Waals surface area contributed by atoms with Gasteiger partial charge in [0.2, 0.25) is 5.91 Å². The Morgan fingerprint density at radius 1 is 1.48 bits per heavy atom. The van der Waals surface area contributed by atoms with Gasteiger partial charge in [-0.2, -0.15) is 0 Å². The highest BCUT2D eigenvalue weighted by Gasteiger charge is 2.60. The van der Waals surface area contributed by atoms with Crippen LogP contribution in [0.1, 0.15) is 27.2 Å². The molecule has 2 saturated heterocycles. The molecule has 1 unspecified atom stereocenters. The summed E-state index contributed by atoms with van der Waals surface area (Å²) in [5.74, 6) is -1.54. The Balaban J connectivity index is 1.78. The molecule has 0 radical (unpaired) electrons. The van der Waals surface area contributed by atoms with Crippen LogP contribution in [0.4, 0.5) is 0 Å². The number of hydrogen-bond acceptors (Lipinski definition) is 6. The van der Waals surface area contributed by atoms with Crippen molar-refractivity contribution in [3.05, 3.63) is 10.6 Å². The molecule has 0 aromatic heterocycles. The Kier molecular flexibility index (Phi) is 5.16. The highest BCUT2D eigenvalue weighted by Crippen LogP contribution is 2.51. The maximum atomic E-state index is 12.3. The topological polar surface area (TPSA) is 116 Å². The molecule has 7 atom stereocenters. The number of aliphatic carboxylic acids is 1. The van der Waals surface area contributed by atoms with E-state index in [0.29, 0.717) is 18.5 Å². The van der Waals surface area contributed by atoms with E-state index in [1.54, 1.807) is 18.7 Å². The molecule has 2 fully saturated rings. The van der Waals surface area contributed by atoms with Gasteiger partial charge in [0.25, 0.3) is 0 Å². The van der Waals surface area contributed by atoms with Gasteiger partial charge in [-0.05, 0) is 25.8 Å². The van der Waals surface area contributed by atoms with Gasteiger partial charge >= 0.3 is 5.97 Å². The monoisotopic (exact) mass is 369 g/mol. The highest BCUT2D eigenvalue weighted by atomic mass is 32.2. The number of carbonyl (C=O) groups is 2. The second-order valence-electron chi connectivity index (χ2n) is 7.48. The SMILES string of the molecule is CC(CN)[C@H]1C[C@H](SC2=C(C(=O)O)N3C(=O)[C@H]([C@@H](C)O)[C@H]3[C@H]2C)CN1. The Morgan fingerprint density at radius 3 is 2.72 bits per heavy atom. The average molecular weight is 369 g/mol. The van der Waals surface area contributed by atoms with Gasteiger partial charge in [0.05, 0.1) is 18.1 Å². The molecule has 8 heteroatoms. The van der Waals surface area contributed by atoms with Gasteiger partial charge in [-0.25, -0.2) is 4.79 Å². The van der Waals surface area contributed by atoms with E-state index in [2.05, 4.69) is 12.2 Å². The summed E-state index contributed by atoms with van der Waals surface area (Å²) in [6.07, 6.45) is 0.170. The lowest BCUT2D eigenvalue weighted by atomic mass is 9.79. The van der Waals surface area contributed by atoms with Crippen LogP contribution in [0.15, 0.2) is 10.6 Å². The largest absolute Gasteiger partial charge is 0.477 e. The number of thioether (sulfide) groups is 1. The van der Waals surface area contributed by atoms with E-state index in [1.807, 2.05) is 6.92 Å². The summed E-state index contributed by atoms with van der Waals surface area (Å²) in [6.45, 7) is 7.09. The van der Waals surface area contributed by atoms with Gasteiger partial charge in [0.15, 0.2) is 0 Å². The third-order valence-electron chi connectivity index (χ3n) is 5.79. The predicted molar refractivity (Wildman–Crippen MR) is 95.6 cm³/mol. The summed E-state index contributed by atoms with van der Waals surface area (Å²) in [5.41, 5.74) is 5.86. The number of aliphatic hydroxyl groups is 1. The van der Waals surface area contributed by atoms with Crippen LogP contribution in [0.3, 0.4) is 0 Å². The first-order chi connectivity index (χ1) is 11.8. The van der Waals surface area contributed by atoms with E-state index in [0.717, 1.165) is 17.9 Å². The number of carbonyl (C=O) groups excluding carboxylic acids is 1. The van der Waals surface area contributed by atoms with Crippen molar-refractivity contribution in [1.29, 1.82) is 0 Å². The number of amides is 1. The molecule has 0 spiro atoms. The second kappa shape index (κ2) is 6.90. The number of β-lactam (4-membered cyclic amide) rings is 1. The number of nitrogens with two attached hydrogens (primary N) is 1. The summed E-state index contributed by atoms with van der Waals surface area (Å²) in [7, 11) is 0. The van der Waals surface area contributed by atoms with E-state index in [1.165, 1.54) is 4.90 Å². The smallest absolute Gasteiger partial charge is 0.353 e. The lowest BCUT2D eigenvalue weighted by Gasteiger charge is -2.46.